The van der Waals surface area contributed by atoms with Crippen LogP contribution < -0.4 is 5.32 Å². The van der Waals surface area contributed by atoms with Crippen LogP contribution in [0.1, 0.15) is 29.9 Å². The number of nitrogens with zero attached hydrogens (tertiary/aromatic N) is 1. The molecule has 0 bridgehead atoms. The summed E-state index contributed by atoms with van der Waals surface area (Å²) >= 11 is 0. The monoisotopic (exact) mass is 208 g/mol. The van der Waals surface area contributed by atoms with Crippen molar-refractivity contribution in [3.63, 3.8) is 0 Å². The third-order valence-electron chi connectivity index (χ3n) is 1.81. The quantitative estimate of drug-likeness (QED) is 0.772. The summed E-state index contributed by atoms with van der Waals surface area (Å²) < 4.78 is 4.66. The molecule has 1 rings (SSSR count). The minimum atomic E-state index is -0.340. The van der Waals surface area contributed by atoms with Gasteiger partial charge in [0.1, 0.15) is 5.82 Å². The first-order valence-electron chi connectivity index (χ1n) is 4.86. The Morgan fingerprint density at radius 3 is 2.67 bits per heavy atom. The molecule has 82 valence electrons. The van der Waals surface area contributed by atoms with Crippen molar-refractivity contribution in [3.8, 4) is 0 Å². The molecule has 0 aliphatic rings. The van der Waals surface area contributed by atoms with Gasteiger partial charge in [-0.15, -0.1) is 0 Å². The molecule has 0 saturated carbocycles. The molecule has 0 spiro atoms. The predicted octanol–water partition coefficient (Wildman–Crippen LogP) is 2.00. The van der Waals surface area contributed by atoms with Crippen LogP contribution in [0.2, 0.25) is 0 Å². The first kappa shape index (κ1) is 11.5. The van der Waals surface area contributed by atoms with Crippen molar-refractivity contribution in [2.75, 3.05) is 12.4 Å². The maximum absolute atomic E-state index is 11.3. The summed E-state index contributed by atoms with van der Waals surface area (Å²) in [6, 6.07) is 3.68. The molecule has 1 aromatic heterocycles. The van der Waals surface area contributed by atoms with Gasteiger partial charge in [0, 0.05) is 11.7 Å². The number of ether oxygens (including phenoxy) is 1. The van der Waals surface area contributed by atoms with Crippen molar-refractivity contribution in [1.29, 1.82) is 0 Å². The smallest absolute Gasteiger partial charge is 0.338 e. The van der Waals surface area contributed by atoms with E-state index in [2.05, 4.69) is 15.0 Å². The SMILES string of the molecule is COC(=O)c1cc(C)nc(NC(C)C)c1. The molecule has 0 saturated heterocycles. The van der Waals surface area contributed by atoms with Crippen LogP contribution in [0.25, 0.3) is 0 Å². The Hall–Kier alpha value is -1.58. The number of hydrogen-bond donors (Lipinski definition) is 1. The Labute approximate surface area is 89.7 Å². The predicted molar refractivity (Wildman–Crippen MR) is 59.1 cm³/mol. The zero-order chi connectivity index (χ0) is 11.4. The summed E-state index contributed by atoms with van der Waals surface area (Å²) in [4.78, 5) is 15.6. The molecule has 1 aromatic rings. The van der Waals surface area contributed by atoms with Gasteiger partial charge in [-0.2, -0.15) is 0 Å². The maximum Gasteiger partial charge on any atom is 0.338 e. The van der Waals surface area contributed by atoms with E-state index in [4.69, 9.17) is 0 Å². The number of aromatic nitrogens is 1. The molecule has 0 aliphatic heterocycles. The van der Waals surface area contributed by atoms with Crippen LogP contribution in [0, 0.1) is 6.92 Å². The van der Waals surface area contributed by atoms with Crippen molar-refractivity contribution in [2.24, 2.45) is 0 Å². The molecule has 15 heavy (non-hydrogen) atoms. The van der Waals surface area contributed by atoms with Crippen LogP contribution in [0.4, 0.5) is 5.82 Å². The summed E-state index contributed by atoms with van der Waals surface area (Å²) in [7, 11) is 1.37. The fourth-order valence-electron chi connectivity index (χ4n) is 1.27. The number of carbonyl (C=O) groups excluding carboxylic acids is 1. The number of rotatable bonds is 3. The number of hydrogen-bond acceptors (Lipinski definition) is 4. The van der Waals surface area contributed by atoms with Crippen molar-refractivity contribution < 1.29 is 9.53 Å². The number of methoxy groups -OCH3 is 1. The van der Waals surface area contributed by atoms with E-state index in [0.717, 1.165) is 5.69 Å². The summed E-state index contributed by atoms with van der Waals surface area (Å²) in [5, 5.41) is 3.15. The lowest BCUT2D eigenvalue weighted by atomic mass is 10.2. The van der Waals surface area contributed by atoms with Crippen molar-refractivity contribution in [2.45, 2.75) is 26.8 Å². The molecule has 0 aromatic carbocycles. The molecule has 0 atom stereocenters. The second kappa shape index (κ2) is 4.77. The van der Waals surface area contributed by atoms with Crippen LogP contribution in [0.5, 0.6) is 0 Å². The Kier molecular flexibility index (Phi) is 3.66. The highest BCUT2D eigenvalue weighted by molar-refractivity contribution is 5.90. The first-order chi connectivity index (χ1) is 7.02. The molecular formula is C11H16N2O2. The number of aryl methyl sites for hydroxylation is 1. The van der Waals surface area contributed by atoms with Gasteiger partial charge in [-0.25, -0.2) is 9.78 Å². The molecular weight excluding hydrogens is 192 g/mol. The van der Waals surface area contributed by atoms with Crippen LogP contribution in [-0.2, 0) is 4.74 Å². The highest BCUT2D eigenvalue weighted by Crippen LogP contribution is 2.12. The fourth-order valence-corrected chi connectivity index (χ4v) is 1.27. The van der Waals surface area contributed by atoms with Gasteiger partial charge in [-0.05, 0) is 32.9 Å². The molecule has 4 nitrogen and oxygen atoms in total. The van der Waals surface area contributed by atoms with Crippen LogP contribution in [0.3, 0.4) is 0 Å². The van der Waals surface area contributed by atoms with E-state index in [-0.39, 0.29) is 12.0 Å². The van der Waals surface area contributed by atoms with Gasteiger partial charge in [0.05, 0.1) is 12.7 Å². The van der Waals surface area contributed by atoms with Crippen molar-refractivity contribution in [3.05, 3.63) is 23.4 Å². The Morgan fingerprint density at radius 2 is 2.13 bits per heavy atom. The van der Waals surface area contributed by atoms with E-state index in [1.165, 1.54) is 7.11 Å². The second-order valence-corrected chi connectivity index (χ2v) is 3.67. The second-order valence-electron chi connectivity index (χ2n) is 3.67. The van der Waals surface area contributed by atoms with E-state index in [1.54, 1.807) is 12.1 Å². The van der Waals surface area contributed by atoms with Gasteiger partial charge in [-0.3, -0.25) is 0 Å². The van der Waals surface area contributed by atoms with Crippen LogP contribution >= 0.6 is 0 Å². The van der Waals surface area contributed by atoms with Gasteiger partial charge in [0.15, 0.2) is 0 Å². The summed E-state index contributed by atoms with van der Waals surface area (Å²) in [5.41, 5.74) is 1.31. The molecule has 0 fully saturated rings. The molecule has 0 aliphatic carbocycles. The van der Waals surface area contributed by atoms with Crippen LogP contribution in [-0.4, -0.2) is 24.1 Å². The average Bonchev–Trinajstić information content (AvgIpc) is 2.14. The Bertz CT molecular complexity index is 362. The first-order valence-corrected chi connectivity index (χ1v) is 4.86. The lowest BCUT2D eigenvalue weighted by Crippen LogP contribution is -2.12. The normalized spacial score (nSPS) is 10.2. The minimum Gasteiger partial charge on any atom is -0.465 e. The van der Waals surface area contributed by atoms with Gasteiger partial charge in [-0.1, -0.05) is 0 Å². The number of carbonyl (C=O) groups is 1. The molecule has 0 radical (unpaired) electrons. The van der Waals surface area contributed by atoms with E-state index in [9.17, 15) is 4.79 Å². The summed E-state index contributed by atoms with van der Waals surface area (Å²) in [6.45, 7) is 5.88. The molecule has 1 heterocycles. The largest absolute Gasteiger partial charge is 0.465 e. The third-order valence-corrected chi connectivity index (χ3v) is 1.81. The summed E-state index contributed by atoms with van der Waals surface area (Å²) in [5.74, 6) is 0.359. The molecule has 0 amide bonds. The highest BCUT2D eigenvalue weighted by atomic mass is 16.5. The number of nitrogens with one attached hydrogen (secondary N) is 1. The van der Waals surface area contributed by atoms with Gasteiger partial charge < -0.3 is 10.1 Å². The lowest BCUT2D eigenvalue weighted by Gasteiger charge is -2.10. The highest BCUT2D eigenvalue weighted by Gasteiger charge is 2.08. The van der Waals surface area contributed by atoms with E-state index in [1.807, 2.05) is 20.8 Å². The average molecular weight is 208 g/mol. The Balaban J connectivity index is 2.99. The molecule has 1 N–H and O–H groups in total. The summed E-state index contributed by atoms with van der Waals surface area (Å²) in [6.07, 6.45) is 0. The fraction of sp³-hybridized carbons (Fsp3) is 0.455. The van der Waals surface area contributed by atoms with E-state index < -0.39 is 0 Å². The van der Waals surface area contributed by atoms with Gasteiger partial charge >= 0.3 is 5.97 Å². The molecule has 0 unspecified atom stereocenters. The van der Waals surface area contributed by atoms with Crippen LogP contribution in [0.15, 0.2) is 12.1 Å². The van der Waals surface area contributed by atoms with E-state index in [0.29, 0.717) is 11.4 Å². The van der Waals surface area contributed by atoms with Gasteiger partial charge in [0.25, 0.3) is 0 Å². The maximum atomic E-state index is 11.3. The van der Waals surface area contributed by atoms with Crippen molar-refractivity contribution >= 4 is 11.8 Å². The number of anilines is 1. The number of esters is 1. The zero-order valence-electron chi connectivity index (χ0n) is 9.50. The number of pyridine rings is 1. The van der Waals surface area contributed by atoms with E-state index >= 15 is 0 Å². The van der Waals surface area contributed by atoms with Gasteiger partial charge in [0.2, 0.25) is 0 Å². The Morgan fingerprint density at radius 1 is 1.47 bits per heavy atom. The molecule has 4 heteroatoms. The zero-order valence-corrected chi connectivity index (χ0v) is 9.50. The van der Waals surface area contributed by atoms with Crippen molar-refractivity contribution in [1.82, 2.24) is 4.98 Å². The third kappa shape index (κ3) is 3.23. The minimum absolute atomic E-state index is 0.282. The lowest BCUT2D eigenvalue weighted by molar-refractivity contribution is 0.0600. The topological polar surface area (TPSA) is 51.2 Å². The standard InChI is InChI=1S/C11H16N2O2/c1-7(2)12-10-6-9(11(14)15-4)5-8(3)13-10/h5-7H,1-4H3,(H,12,13).